The van der Waals surface area contributed by atoms with Gasteiger partial charge < -0.3 is 0 Å². The normalized spacial score (nSPS) is 19.9. The summed E-state index contributed by atoms with van der Waals surface area (Å²) in [4.78, 5) is 0. The maximum atomic E-state index is 2.50. The van der Waals surface area contributed by atoms with Crippen LogP contribution in [-0.4, -0.2) is 0 Å². The molecule has 0 nitrogen and oxygen atoms in total. The Hall–Kier alpha value is 0. The third-order valence-corrected chi connectivity index (χ3v) is 5.76. The quantitative estimate of drug-likeness (QED) is 0.398. The van der Waals surface area contributed by atoms with Crippen LogP contribution in [0.5, 0.6) is 0 Å². The zero-order valence-electron chi connectivity index (χ0n) is 15.9. The predicted molar refractivity (Wildman–Crippen MR) is 94.0 cm³/mol. The molecule has 0 aliphatic rings. The minimum Gasteiger partial charge on any atom is -0.0651 e. The highest BCUT2D eigenvalue weighted by Gasteiger charge is 2.39. The first-order valence-corrected chi connectivity index (χ1v) is 9.19. The highest BCUT2D eigenvalue weighted by atomic mass is 14.4. The van der Waals surface area contributed by atoms with E-state index in [1.807, 2.05) is 0 Å². The summed E-state index contributed by atoms with van der Waals surface area (Å²) >= 11 is 0. The summed E-state index contributed by atoms with van der Waals surface area (Å²) < 4.78 is 0. The maximum absolute atomic E-state index is 2.50. The smallest absolute Gasteiger partial charge is 0.0244 e. The van der Waals surface area contributed by atoms with Crippen LogP contribution >= 0.6 is 0 Å². The van der Waals surface area contributed by atoms with Gasteiger partial charge in [0, 0.05) is 0 Å². The number of hydrogen-bond acceptors (Lipinski definition) is 0. The van der Waals surface area contributed by atoms with Crippen LogP contribution in [0.25, 0.3) is 0 Å². The van der Waals surface area contributed by atoms with Gasteiger partial charge in [-0.1, -0.05) is 75.2 Å². The van der Waals surface area contributed by atoms with E-state index in [4.69, 9.17) is 0 Å². The van der Waals surface area contributed by atoms with E-state index in [1.54, 1.807) is 0 Å². The van der Waals surface area contributed by atoms with E-state index in [0.717, 1.165) is 29.6 Å². The standard InChI is InChI=1S/C20H42/c1-10-17(7)12-18(8)14-20(16(5)6,13-15(3)4)19(9)11-2/h15-19H,10-14H2,1-9H3. The molecular formula is C20H42. The Labute approximate surface area is 130 Å². The Balaban J connectivity index is 5.08. The Morgan fingerprint density at radius 1 is 0.700 bits per heavy atom. The van der Waals surface area contributed by atoms with Gasteiger partial charge in [0.25, 0.3) is 0 Å². The molecular weight excluding hydrogens is 240 g/mol. The highest BCUT2D eigenvalue weighted by molar-refractivity contribution is 4.89. The Morgan fingerprint density at radius 2 is 1.25 bits per heavy atom. The molecule has 0 heteroatoms. The zero-order chi connectivity index (χ0) is 15.9. The molecule has 0 aliphatic carbocycles. The summed E-state index contributed by atoms with van der Waals surface area (Å²) in [5.74, 6) is 4.18. The molecule has 0 amide bonds. The lowest BCUT2D eigenvalue weighted by Crippen LogP contribution is -2.37. The van der Waals surface area contributed by atoms with Crippen LogP contribution < -0.4 is 0 Å². The third-order valence-electron chi connectivity index (χ3n) is 5.76. The van der Waals surface area contributed by atoms with E-state index in [2.05, 4.69) is 62.3 Å². The lowest BCUT2D eigenvalue weighted by atomic mass is 9.59. The van der Waals surface area contributed by atoms with E-state index < -0.39 is 0 Å². The van der Waals surface area contributed by atoms with E-state index in [9.17, 15) is 0 Å². The zero-order valence-corrected chi connectivity index (χ0v) is 15.9. The first-order valence-electron chi connectivity index (χ1n) is 9.19. The van der Waals surface area contributed by atoms with Crippen molar-refractivity contribution in [2.45, 2.75) is 94.4 Å². The third kappa shape index (κ3) is 5.78. The SMILES string of the molecule is CCC(C)CC(C)CC(CC(C)C)(C(C)C)C(C)CC. The molecule has 0 N–H and O–H groups in total. The fraction of sp³-hybridized carbons (Fsp3) is 1.00. The molecule has 0 fully saturated rings. The van der Waals surface area contributed by atoms with Crippen LogP contribution in [-0.2, 0) is 0 Å². The van der Waals surface area contributed by atoms with Gasteiger partial charge in [-0.2, -0.15) is 0 Å². The summed E-state index contributed by atoms with van der Waals surface area (Å²) in [6.07, 6.45) is 6.86. The van der Waals surface area contributed by atoms with Gasteiger partial charge in [-0.3, -0.25) is 0 Å². The molecule has 0 aromatic heterocycles. The Bertz CT molecular complexity index is 240. The molecule has 122 valence electrons. The van der Waals surface area contributed by atoms with Crippen molar-refractivity contribution in [3.8, 4) is 0 Å². The topological polar surface area (TPSA) is 0 Å². The van der Waals surface area contributed by atoms with Gasteiger partial charge in [0.1, 0.15) is 0 Å². The van der Waals surface area contributed by atoms with Crippen LogP contribution in [0.4, 0.5) is 0 Å². The first kappa shape index (κ1) is 20.0. The predicted octanol–water partition coefficient (Wildman–Crippen LogP) is 7.18. The summed E-state index contributed by atoms with van der Waals surface area (Å²) in [7, 11) is 0. The molecule has 0 aromatic carbocycles. The van der Waals surface area contributed by atoms with E-state index in [-0.39, 0.29) is 0 Å². The Morgan fingerprint density at radius 3 is 1.60 bits per heavy atom. The van der Waals surface area contributed by atoms with Crippen LogP contribution in [0.15, 0.2) is 0 Å². The van der Waals surface area contributed by atoms with Crippen molar-refractivity contribution in [3.05, 3.63) is 0 Å². The summed E-state index contributed by atoms with van der Waals surface area (Å²) in [6, 6.07) is 0. The lowest BCUT2D eigenvalue weighted by Gasteiger charge is -2.46. The van der Waals surface area contributed by atoms with E-state index >= 15 is 0 Å². The van der Waals surface area contributed by atoms with Gasteiger partial charge >= 0.3 is 0 Å². The lowest BCUT2D eigenvalue weighted by molar-refractivity contribution is 0.0355. The molecule has 4 atom stereocenters. The second kappa shape index (κ2) is 9.11. The van der Waals surface area contributed by atoms with Crippen molar-refractivity contribution in [1.29, 1.82) is 0 Å². The van der Waals surface area contributed by atoms with Crippen LogP contribution in [0.2, 0.25) is 0 Å². The first-order chi connectivity index (χ1) is 9.19. The van der Waals surface area contributed by atoms with Crippen LogP contribution in [0.1, 0.15) is 94.4 Å². The molecule has 20 heavy (non-hydrogen) atoms. The van der Waals surface area contributed by atoms with Crippen molar-refractivity contribution in [2.75, 3.05) is 0 Å². The number of hydrogen-bond donors (Lipinski definition) is 0. The molecule has 0 saturated carbocycles. The Kier molecular flexibility index (Phi) is 9.11. The molecule has 0 spiro atoms. The van der Waals surface area contributed by atoms with Crippen LogP contribution in [0.3, 0.4) is 0 Å². The summed E-state index contributed by atoms with van der Waals surface area (Å²) in [5.41, 5.74) is 0.537. The van der Waals surface area contributed by atoms with Crippen molar-refractivity contribution < 1.29 is 0 Å². The maximum Gasteiger partial charge on any atom is -0.0244 e. The largest absolute Gasteiger partial charge is 0.0651 e. The van der Waals surface area contributed by atoms with Gasteiger partial charge in [0.15, 0.2) is 0 Å². The average Bonchev–Trinajstić information content (AvgIpc) is 2.35. The fourth-order valence-corrected chi connectivity index (χ4v) is 4.28. The van der Waals surface area contributed by atoms with Gasteiger partial charge in [-0.05, 0) is 54.3 Å². The number of rotatable bonds is 10. The highest BCUT2D eigenvalue weighted by Crippen LogP contribution is 2.48. The van der Waals surface area contributed by atoms with Gasteiger partial charge in [0.2, 0.25) is 0 Å². The van der Waals surface area contributed by atoms with Crippen LogP contribution in [0, 0.1) is 35.0 Å². The van der Waals surface area contributed by atoms with E-state index in [1.165, 1.54) is 32.1 Å². The summed E-state index contributed by atoms with van der Waals surface area (Å²) in [6.45, 7) is 21.8. The second-order valence-corrected chi connectivity index (χ2v) is 8.35. The van der Waals surface area contributed by atoms with Crippen molar-refractivity contribution in [2.24, 2.45) is 35.0 Å². The molecule has 0 aromatic rings. The van der Waals surface area contributed by atoms with Crippen molar-refractivity contribution in [1.82, 2.24) is 0 Å². The minimum atomic E-state index is 0.537. The minimum absolute atomic E-state index is 0.537. The fourth-order valence-electron chi connectivity index (χ4n) is 4.28. The molecule has 0 saturated heterocycles. The summed E-state index contributed by atoms with van der Waals surface area (Å²) in [5, 5.41) is 0. The van der Waals surface area contributed by atoms with Crippen molar-refractivity contribution >= 4 is 0 Å². The molecule has 4 unspecified atom stereocenters. The van der Waals surface area contributed by atoms with Gasteiger partial charge in [-0.25, -0.2) is 0 Å². The van der Waals surface area contributed by atoms with Gasteiger partial charge in [0.05, 0.1) is 0 Å². The molecule has 0 rings (SSSR count). The average molecular weight is 283 g/mol. The van der Waals surface area contributed by atoms with Crippen molar-refractivity contribution in [3.63, 3.8) is 0 Å². The van der Waals surface area contributed by atoms with E-state index in [0.29, 0.717) is 5.41 Å². The molecule has 0 bridgehead atoms. The molecule has 0 heterocycles. The second-order valence-electron chi connectivity index (χ2n) is 8.35. The molecule has 0 aliphatic heterocycles. The molecule has 0 radical (unpaired) electrons. The monoisotopic (exact) mass is 282 g/mol. The van der Waals surface area contributed by atoms with Gasteiger partial charge in [-0.15, -0.1) is 0 Å².